The first-order valence-corrected chi connectivity index (χ1v) is 9.23. The number of amides is 1. The zero-order valence-corrected chi connectivity index (χ0v) is 15.4. The second-order valence-corrected chi connectivity index (χ2v) is 7.80. The maximum atomic E-state index is 14.0. The van der Waals surface area contributed by atoms with Gasteiger partial charge in [-0.1, -0.05) is 0 Å². The predicted octanol–water partition coefficient (Wildman–Crippen LogP) is 1.22. The van der Waals surface area contributed by atoms with Gasteiger partial charge in [0.15, 0.2) is 11.6 Å². The highest BCUT2D eigenvalue weighted by Gasteiger charge is 2.45. The standard InChI is InChI=1S/C19H19F3N4O3/c20-13-7-15(22)14(21)6-12(13)17(28)26-4-2-19(10-26)1-3-25(9-19)8-11-5-16(27)24-18(29)23-11/h5-7H,1-4,8-10H2,(H2,23,24,27,29). The Morgan fingerprint density at radius 2 is 1.69 bits per heavy atom. The first-order valence-electron chi connectivity index (χ1n) is 9.23. The number of carbonyl (C=O) groups is 1. The normalized spacial score (nSPS) is 22.0. The van der Waals surface area contributed by atoms with E-state index in [1.54, 1.807) is 0 Å². The van der Waals surface area contributed by atoms with Crippen LogP contribution in [0.25, 0.3) is 0 Å². The molecule has 29 heavy (non-hydrogen) atoms. The number of benzene rings is 1. The van der Waals surface area contributed by atoms with Crippen molar-refractivity contribution in [2.24, 2.45) is 5.41 Å². The number of hydrogen-bond donors (Lipinski definition) is 2. The van der Waals surface area contributed by atoms with Crippen LogP contribution in [0.4, 0.5) is 13.2 Å². The first kappa shape index (κ1) is 19.4. The molecular formula is C19H19F3N4O3. The minimum Gasteiger partial charge on any atom is -0.338 e. The number of carbonyl (C=O) groups excluding carboxylic acids is 1. The molecule has 7 nitrogen and oxygen atoms in total. The Morgan fingerprint density at radius 1 is 0.966 bits per heavy atom. The molecule has 0 aliphatic carbocycles. The van der Waals surface area contributed by atoms with Crippen molar-refractivity contribution >= 4 is 5.91 Å². The molecule has 0 radical (unpaired) electrons. The third-order valence-electron chi connectivity index (χ3n) is 5.69. The first-order chi connectivity index (χ1) is 13.7. The van der Waals surface area contributed by atoms with E-state index >= 15 is 0 Å². The Bertz CT molecular complexity index is 1050. The van der Waals surface area contributed by atoms with Crippen molar-refractivity contribution < 1.29 is 18.0 Å². The Labute approximate surface area is 163 Å². The minimum absolute atomic E-state index is 0.188. The number of H-pyrrole nitrogens is 2. The zero-order valence-electron chi connectivity index (χ0n) is 15.4. The number of nitrogens with one attached hydrogen (secondary N) is 2. The highest BCUT2D eigenvalue weighted by Crippen LogP contribution is 2.40. The Kier molecular flexibility index (Phi) is 4.81. The topological polar surface area (TPSA) is 89.3 Å². The van der Waals surface area contributed by atoms with Crippen LogP contribution >= 0.6 is 0 Å². The molecule has 2 fully saturated rings. The molecule has 2 aromatic rings. The van der Waals surface area contributed by atoms with Crippen LogP contribution in [-0.4, -0.2) is 51.9 Å². The van der Waals surface area contributed by atoms with Crippen LogP contribution in [-0.2, 0) is 6.54 Å². The molecular weight excluding hydrogens is 389 g/mol. The third-order valence-corrected chi connectivity index (χ3v) is 5.69. The maximum absolute atomic E-state index is 14.0. The summed E-state index contributed by atoms with van der Waals surface area (Å²) in [6, 6.07) is 2.32. The summed E-state index contributed by atoms with van der Waals surface area (Å²) in [5.41, 5.74) is -1.19. The second kappa shape index (κ2) is 7.18. The van der Waals surface area contributed by atoms with E-state index in [0.717, 1.165) is 13.0 Å². The predicted molar refractivity (Wildman–Crippen MR) is 96.8 cm³/mol. The molecule has 4 rings (SSSR count). The van der Waals surface area contributed by atoms with Crippen molar-refractivity contribution in [2.75, 3.05) is 26.2 Å². The van der Waals surface area contributed by atoms with Crippen LogP contribution < -0.4 is 11.2 Å². The summed E-state index contributed by atoms with van der Waals surface area (Å²) >= 11 is 0. The number of halogens is 3. The molecule has 1 spiro atoms. The van der Waals surface area contributed by atoms with Gasteiger partial charge in [0.2, 0.25) is 0 Å². The van der Waals surface area contributed by atoms with Gasteiger partial charge >= 0.3 is 5.69 Å². The molecule has 2 N–H and O–H groups in total. The minimum atomic E-state index is -1.33. The van der Waals surface area contributed by atoms with Gasteiger partial charge in [0.05, 0.1) is 5.56 Å². The van der Waals surface area contributed by atoms with Gasteiger partial charge < -0.3 is 9.88 Å². The number of hydrogen-bond acceptors (Lipinski definition) is 4. The molecule has 2 aliphatic rings. The summed E-state index contributed by atoms with van der Waals surface area (Å²) < 4.78 is 40.5. The lowest BCUT2D eigenvalue weighted by Crippen LogP contribution is -2.34. The molecule has 10 heteroatoms. The summed E-state index contributed by atoms with van der Waals surface area (Å²) in [4.78, 5) is 43.7. The van der Waals surface area contributed by atoms with Crippen molar-refractivity contribution in [2.45, 2.75) is 19.4 Å². The molecule has 2 saturated heterocycles. The molecule has 2 aliphatic heterocycles. The molecule has 1 aromatic carbocycles. The van der Waals surface area contributed by atoms with E-state index in [4.69, 9.17) is 0 Å². The van der Waals surface area contributed by atoms with Gasteiger partial charge in [-0.15, -0.1) is 0 Å². The summed E-state index contributed by atoms with van der Waals surface area (Å²) in [6.45, 7) is 2.54. The van der Waals surface area contributed by atoms with Crippen LogP contribution in [0, 0.1) is 22.9 Å². The van der Waals surface area contributed by atoms with Gasteiger partial charge in [-0.25, -0.2) is 18.0 Å². The van der Waals surface area contributed by atoms with Gasteiger partial charge in [0.25, 0.3) is 11.5 Å². The van der Waals surface area contributed by atoms with Crippen LogP contribution in [0.5, 0.6) is 0 Å². The fourth-order valence-corrected chi connectivity index (χ4v) is 4.31. The van der Waals surface area contributed by atoms with E-state index in [9.17, 15) is 27.6 Å². The van der Waals surface area contributed by atoms with Gasteiger partial charge in [0, 0.05) is 49.4 Å². The summed E-state index contributed by atoms with van der Waals surface area (Å²) in [5.74, 6) is -4.33. The Morgan fingerprint density at radius 3 is 2.45 bits per heavy atom. The largest absolute Gasteiger partial charge is 0.338 e. The average molecular weight is 408 g/mol. The van der Waals surface area contributed by atoms with Gasteiger partial charge in [-0.2, -0.15) is 0 Å². The van der Waals surface area contributed by atoms with Crippen LogP contribution in [0.15, 0.2) is 27.8 Å². The molecule has 1 aromatic heterocycles. The van der Waals surface area contributed by atoms with Crippen molar-refractivity contribution in [3.8, 4) is 0 Å². The van der Waals surface area contributed by atoms with E-state index in [1.807, 2.05) is 0 Å². The van der Waals surface area contributed by atoms with Crippen molar-refractivity contribution in [3.05, 3.63) is 67.7 Å². The number of aromatic amines is 2. The van der Waals surface area contributed by atoms with Crippen molar-refractivity contribution in [3.63, 3.8) is 0 Å². The number of likely N-dealkylation sites (tertiary alicyclic amines) is 2. The fraction of sp³-hybridized carbons (Fsp3) is 0.421. The summed E-state index contributed by atoms with van der Waals surface area (Å²) in [6.07, 6.45) is 1.50. The quantitative estimate of drug-likeness (QED) is 0.748. The molecule has 0 bridgehead atoms. The number of aromatic nitrogens is 2. The summed E-state index contributed by atoms with van der Waals surface area (Å²) in [7, 11) is 0. The lowest BCUT2D eigenvalue weighted by molar-refractivity contribution is 0.0767. The number of rotatable bonds is 3. The van der Waals surface area contributed by atoms with E-state index in [2.05, 4.69) is 14.9 Å². The highest BCUT2D eigenvalue weighted by molar-refractivity contribution is 5.94. The van der Waals surface area contributed by atoms with E-state index in [1.165, 1.54) is 11.0 Å². The molecule has 1 amide bonds. The average Bonchev–Trinajstić information content (AvgIpc) is 3.23. The SMILES string of the molecule is O=C(c1cc(F)c(F)cc1F)N1CCC2(CCN(Cc3cc(=O)[nH]c(=O)[nH]3)C2)C1. The van der Waals surface area contributed by atoms with Gasteiger partial charge in [-0.05, 0) is 25.5 Å². The van der Waals surface area contributed by atoms with Crippen molar-refractivity contribution in [1.82, 2.24) is 19.8 Å². The van der Waals surface area contributed by atoms with E-state index in [0.29, 0.717) is 50.4 Å². The Balaban J connectivity index is 1.44. The molecule has 0 saturated carbocycles. The van der Waals surface area contributed by atoms with Crippen LogP contribution in [0.3, 0.4) is 0 Å². The maximum Gasteiger partial charge on any atom is 0.325 e. The van der Waals surface area contributed by atoms with E-state index < -0.39 is 40.2 Å². The van der Waals surface area contributed by atoms with Gasteiger partial charge in [-0.3, -0.25) is 19.5 Å². The summed E-state index contributed by atoms with van der Waals surface area (Å²) in [5, 5.41) is 0. The monoisotopic (exact) mass is 408 g/mol. The molecule has 1 unspecified atom stereocenters. The molecule has 154 valence electrons. The van der Waals surface area contributed by atoms with Crippen LogP contribution in [0.2, 0.25) is 0 Å². The second-order valence-electron chi connectivity index (χ2n) is 7.80. The third kappa shape index (κ3) is 3.84. The lowest BCUT2D eigenvalue weighted by atomic mass is 9.86. The number of nitrogens with zero attached hydrogens (tertiary/aromatic N) is 2. The highest BCUT2D eigenvalue weighted by atomic mass is 19.2. The Hall–Kier alpha value is -2.88. The zero-order chi connectivity index (χ0) is 20.8. The smallest absolute Gasteiger partial charge is 0.325 e. The molecule has 1 atom stereocenters. The van der Waals surface area contributed by atoms with Crippen molar-refractivity contribution in [1.29, 1.82) is 0 Å². The lowest BCUT2D eigenvalue weighted by Gasteiger charge is -2.25. The van der Waals surface area contributed by atoms with Crippen LogP contribution in [0.1, 0.15) is 28.9 Å². The fourth-order valence-electron chi connectivity index (χ4n) is 4.31. The van der Waals surface area contributed by atoms with E-state index in [-0.39, 0.29) is 5.41 Å². The van der Waals surface area contributed by atoms with Gasteiger partial charge in [0.1, 0.15) is 5.82 Å². The molecule has 3 heterocycles.